The lowest BCUT2D eigenvalue weighted by atomic mass is 9.85. The van der Waals surface area contributed by atoms with E-state index < -0.39 is 6.10 Å². The summed E-state index contributed by atoms with van der Waals surface area (Å²) in [5.41, 5.74) is 0.968. The zero-order valence-corrected chi connectivity index (χ0v) is 19.0. The molecule has 0 aromatic heterocycles. The number of esters is 3. The summed E-state index contributed by atoms with van der Waals surface area (Å²) in [5, 5.41) is 4.17. The van der Waals surface area contributed by atoms with Gasteiger partial charge < -0.3 is 19.0 Å². The Balaban J connectivity index is 2.96. The van der Waals surface area contributed by atoms with Gasteiger partial charge in [-0.3, -0.25) is 14.4 Å². The lowest BCUT2D eigenvalue weighted by Crippen LogP contribution is -2.28. The molecule has 8 nitrogen and oxygen atoms in total. The summed E-state index contributed by atoms with van der Waals surface area (Å²) in [6.07, 6.45) is 5.93. The summed E-state index contributed by atoms with van der Waals surface area (Å²) >= 11 is 0. The maximum atomic E-state index is 11.7. The third kappa shape index (κ3) is 9.13. The van der Waals surface area contributed by atoms with Crippen molar-refractivity contribution in [3.8, 4) is 0 Å². The Morgan fingerprint density at radius 2 is 1.43 bits per heavy atom. The summed E-state index contributed by atoms with van der Waals surface area (Å²) in [6, 6.07) is 0. The van der Waals surface area contributed by atoms with Gasteiger partial charge in [-0.25, -0.2) is 0 Å². The van der Waals surface area contributed by atoms with Crippen molar-refractivity contribution >= 4 is 23.6 Å². The molecule has 0 spiro atoms. The molecule has 0 radical (unpaired) electrons. The van der Waals surface area contributed by atoms with Crippen LogP contribution >= 0.6 is 0 Å². The standard InChI is InChI=1S/C22H37NO7/c1-6-7-8-9-17(23-28-5)10-11-18-19(12-13-22(26)27-4)21(30-16(3)25)14-20(18)29-15(2)24/h18-21H,6-14H2,1-5H3/b23-17+/t18-,19-,20-,21-/m1/s1. The smallest absolute Gasteiger partial charge is 0.305 e. The number of methoxy groups -OCH3 is 1. The van der Waals surface area contributed by atoms with E-state index >= 15 is 0 Å². The van der Waals surface area contributed by atoms with Gasteiger partial charge in [0, 0.05) is 38.5 Å². The molecule has 30 heavy (non-hydrogen) atoms. The second-order valence-electron chi connectivity index (χ2n) is 7.81. The zero-order valence-electron chi connectivity index (χ0n) is 19.0. The molecule has 0 aliphatic heterocycles. The van der Waals surface area contributed by atoms with Gasteiger partial charge in [0.15, 0.2) is 0 Å². The molecule has 1 aliphatic carbocycles. The first-order valence-electron chi connectivity index (χ1n) is 10.8. The van der Waals surface area contributed by atoms with Gasteiger partial charge in [-0.05, 0) is 32.1 Å². The van der Waals surface area contributed by atoms with E-state index in [9.17, 15) is 14.4 Å². The van der Waals surface area contributed by atoms with Crippen molar-refractivity contribution in [2.24, 2.45) is 17.0 Å². The van der Waals surface area contributed by atoms with Crippen LogP contribution in [0.15, 0.2) is 5.16 Å². The zero-order chi connectivity index (χ0) is 22.5. The van der Waals surface area contributed by atoms with E-state index in [1.165, 1.54) is 28.1 Å². The van der Waals surface area contributed by atoms with Crippen molar-refractivity contribution in [3.63, 3.8) is 0 Å². The molecule has 1 aliphatic rings. The largest absolute Gasteiger partial charge is 0.469 e. The Morgan fingerprint density at radius 3 is 1.90 bits per heavy atom. The maximum Gasteiger partial charge on any atom is 0.305 e. The summed E-state index contributed by atoms with van der Waals surface area (Å²) in [5.74, 6) is -1.21. The Morgan fingerprint density at radius 1 is 0.867 bits per heavy atom. The maximum absolute atomic E-state index is 11.7. The van der Waals surface area contributed by atoms with Crippen molar-refractivity contribution in [3.05, 3.63) is 0 Å². The highest BCUT2D eigenvalue weighted by Crippen LogP contribution is 2.42. The number of rotatable bonds is 13. The molecule has 1 fully saturated rings. The van der Waals surface area contributed by atoms with E-state index in [4.69, 9.17) is 19.0 Å². The minimum Gasteiger partial charge on any atom is -0.469 e. The third-order valence-corrected chi connectivity index (χ3v) is 5.57. The monoisotopic (exact) mass is 427 g/mol. The van der Waals surface area contributed by atoms with Crippen molar-refractivity contribution in [1.82, 2.24) is 0 Å². The van der Waals surface area contributed by atoms with Gasteiger partial charge >= 0.3 is 17.9 Å². The lowest BCUT2D eigenvalue weighted by Gasteiger charge is -2.26. The normalized spacial score (nSPS) is 23.7. The van der Waals surface area contributed by atoms with E-state index in [2.05, 4.69) is 12.1 Å². The van der Waals surface area contributed by atoms with Gasteiger partial charge in [0.2, 0.25) is 0 Å². The van der Waals surface area contributed by atoms with E-state index in [0.717, 1.165) is 31.4 Å². The SMILES string of the molecule is CCCCC/C(CC[C@@H]1[C@@H](CCC(=O)OC)[C@H](OC(C)=O)C[C@H]1OC(C)=O)=N\OC. The Labute approximate surface area is 179 Å². The van der Waals surface area contributed by atoms with Crippen molar-refractivity contribution in [2.45, 2.75) is 90.8 Å². The van der Waals surface area contributed by atoms with Gasteiger partial charge in [0.1, 0.15) is 19.3 Å². The van der Waals surface area contributed by atoms with Gasteiger partial charge in [0.25, 0.3) is 0 Å². The van der Waals surface area contributed by atoms with Gasteiger partial charge in [-0.1, -0.05) is 24.9 Å². The van der Waals surface area contributed by atoms with Crippen LogP contribution in [-0.2, 0) is 33.4 Å². The molecule has 172 valence electrons. The van der Waals surface area contributed by atoms with Gasteiger partial charge in [-0.15, -0.1) is 0 Å². The van der Waals surface area contributed by atoms with E-state index in [-0.39, 0.29) is 42.3 Å². The van der Waals surface area contributed by atoms with Gasteiger partial charge in [-0.2, -0.15) is 0 Å². The Hall–Kier alpha value is -2.12. The molecular weight excluding hydrogens is 390 g/mol. The summed E-state index contributed by atoms with van der Waals surface area (Å²) in [4.78, 5) is 40.0. The number of nitrogens with zero attached hydrogens (tertiary/aromatic N) is 1. The molecule has 4 atom stereocenters. The Bertz CT molecular complexity index is 590. The van der Waals surface area contributed by atoms with E-state index in [1.807, 2.05) is 0 Å². The number of hydrogen-bond acceptors (Lipinski definition) is 8. The van der Waals surface area contributed by atoms with Crippen LogP contribution in [0.3, 0.4) is 0 Å². The molecule has 1 rings (SSSR count). The fraction of sp³-hybridized carbons (Fsp3) is 0.818. The highest BCUT2D eigenvalue weighted by molar-refractivity contribution is 5.83. The Kier molecular flexibility index (Phi) is 12.1. The first kappa shape index (κ1) is 25.9. The molecule has 0 aromatic carbocycles. The molecule has 8 heteroatoms. The highest BCUT2D eigenvalue weighted by atomic mass is 16.6. The lowest BCUT2D eigenvalue weighted by molar-refractivity contribution is -0.149. The molecule has 0 unspecified atom stereocenters. The third-order valence-electron chi connectivity index (χ3n) is 5.57. The van der Waals surface area contributed by atoms with Crippen LogP contribution in [0.4, 0.5) is 0 Å². The van der Waals surface area contributed by atoms with Crippen LogP contribution in [-0.4, -0.2) is 50.0 Å². The number of ether oxygens (including phenoxy) is 3. The van der Waals surface area contributed by atoms with Crippen LogP contribution in [0, 0.1) is 11.8 Å². The number of hydrogen-bond donors (Lipinski definition) is 0. The fourth-order valence-electron chi connectivity index (χ4n) is 4.27. The molecule has 0 saturated heterocycles. The second-order valence-corrected chi connectivity index (χ2v) is 7.81. The topological polar surface area (TPSA) is 100 Å². The predicted octanol–water partition coefficient (Wildman–Crippen LogP) is 3.80. The summed E-state index contributed by atoms with van der Waals surface area (Å²) in [7, 11) is 2.89. The molecular formula is C22H37NO7. The van der Waals surface area contributed by atoms with Crippen LogP contribution in [0.5, 0.6) is 0 Å². The van der Waals surface area contributed by atoms with Gasteiger partial charge in [0.05, 0.1) is 12.8 Å². The number of carbonyl (C=O) groups is 3. The minimum atomic E-state index is -0.399. The number of oxime groups is 1. The molecule has 0 aromatic rings. The predicted molar refractivity (Wildman–Crippen MR) is 112 cm³/mol. The second kappa shape index (κ2) is 14.0. The average molecular weight is 428 g/mol. The van der Waals surface area contributed by atoms with Crippen LogP contribution in [0.2, 0.25) is 0 Å². The van der Waals surface area contributed by atoms with E-state index in [0.29, 0.717) is 25.7 Å². The highest BCUT2D eigenvalue weighted by Gasteiger charge is 2.46. The first-order valence-corrected chi connectivity index (χ1v) is 10.8. The molecule has 0 N–H and O–H groups in total. The van der Waals surface area contributed by atoms with Crippen LogP contribution in [0.1, 0.15) is 78.6 Å². The number of unbranched alkanes of at least 4 members (excludes halogenated alkanes) is 2. The average Bonchev–Trinajstić information content (AvgIpc) is 2.98. The first-order chi connectivity index (χ1) is 14.3. The summed E-state index contributed by atoms with van der Waals surface area (Å²) < 4.78 is 15.9. The van der Waals surface area contributed by atoms with Crippen LogP contribution in [0.25, 0.3) is 0 Å². The molecule has 0 bridgehead atoms. The summed E-state index contributed by atoms with van der Waals surface area (Å²) in [6.45, 7) is 4.89. The molecule has 1 saturated carbocycles. The number of carbonyl (C=O) groups excluding carboxylic acids is 3. The fourth-order valence-corrected chi connectivity index (χ4v) is 4.27. The van der Waals surface area contributed by atoms with Crippen LogP contribution < -0.4 is 0 Å². The molecule has 0 heterocycles. The van der Waals surface area contributed by atoms with Crippen molar-refractivity contribution in [2.75, 3.05) is 14.2 Å². The van der Waals surface area contributed by atoms with Crippen molar-refractivity contribution < 1.29 is 33.4 Å². The van der Waals surface area contributed by atoms with E-state index in [1.54, 1.807) is 0 Å². The molecule has 0 amide bonds. The quantitative estimate of drug-likeness (QED) is 0.145. The van der Waals surface area contributed by atoms with Crippen molar-refractivity contribution in [1.29, 1.82) is 0 Å². The minimum absolute atomic E-state index is 0.0452.